The quantitative estimate of drug-likeness (QED) is 0.625. The van der Waals surface area contributed by atoms with E-state index < -0.39 is 13.9 Å². The molecule has 1 aliphatic heterocycles. The highest BCUT2D eigenvalue weighted by Crippen LogP contribution is 2.45. The maximum absolute atomic E-state index is 11.9. The molecule has 0 aromatic rings. The summed E-state index contributed by atoms with van der Waals surface area (Å²) >= 11 is 0. The van der Waals surface area contributed by atoms with E-state index in [0.717, 1.165) is 13.0 Å². The molecule has 1 amide bonds. The van der Waals surface area contributed by atoms with Crippen LogP contribution in [-0.2, 0) is 13.9 Å². The molecule has 4 atom stereocenters. The number of fused-ring (bicyclic) bond motifs is 1. The van der Waals surface area contributed by atoms with Crippen molar-refractivity contribution in [3.63, 3.8) is 0 Å². The Morgan fingerprint density at radius 1 is 1.17 bits per heavy atom. The Morgan fingerprint density at radius 2 is 1.78 bits per heavy atom. The number of amides is 1. The fraction of sp³-hybridized carbons (Fsp3) is 0.941. The van der Waals surface area contributed by atoms with Gasteiger partial charge < -0.3 is 19.2 Å². The summed E-state index contributed by atoms with van der Waals surface area (Å²) < 4.78 is 17.4. The number of carbonyl (C=O) groups is 1. The standard InChI is InChI=1S/C17H33NO4Si/c1-16(2,3)22-15(19)18-12-9-11(13-14(12)21-13)10-20-23(7,8)17(4,5)6/h11-14H,9-10H2,1-8H3,(H,18,19)/t11-,12-,13-,14+/m1/s1. The third kappa shape index (κ3) is 4.70. The molecule has 5 nitrogen and oxygen atoms in total. The first-order valence-corrected chi connectivity index (χ1v) is 11.5. The van der Waals surface area contributed by atoms with Gasteiger partial charge in [0.15, 0.2) is 8.32 Å². The SMILES string of the molecule is CC(C)(C)OC(=O)N[C@@H]1C[C@H](CO[Si](C)(C)C(C)(C)C)[C@H]2O[C@H]21. The van der Waals surface area contributed by atoms with Gasteiger partial charge in [-0.15, -0.1) is 0 Å². The Bertz CT molecular complexity index is 452. The van der Waals surface area contributed by atoms with Crippen molar-refractivity contribution in [2.45, 2.75) is 89.9 Å². The van der Waals surface area contributed by atoms with E-state index in [9.17, 15) is 4.79 Å². The second-order valence-electron chi connectivity index (χ2n) is 9.39. The zero-order chi connectivity index (χ0) is 17.6. The summed E-state index contributed by atoms with van der Waals surface area (Å²) in [6, 6.07) is 0.0443. The predicted molar refractivity (Wildman–Crippen MR) is 93.1 cm³/mol. The number of epoxide rings is 1. The Balaban J connectivity index is 1.82. The number of hydrogen-bond donors (Lipinski definition) is 1. The van der Waals surface area contributed by atoms with Crippen molar-refractivity contribution in [3.05, 3.63) is 0 Å². The summed E-state index contributed by atoms with van der Waals surface area (Å²) in [6.45, 7) is 17.6. The van der Waals surface area contributed by atoms with Gasteiger partial charge in [0, 0.05) is 12.5 Å². The summed E-state index contributed by atoms with van der Waals surface area (Å²) in [7, 11) is -1.74. The van der Waals surface area contributed by atoms with Crippen LogP contribution in [0.2, 0.25) is 18.1 Å². The zero-order valence-corrected chi connectivity index (χ0v) is 16.9. The van der Waals surface area contributed by atoms with Gasteiger partial charge in [-0.05, 0) is 45.3 Å². The van der Waals surface area contributed by atoms with Gasteiger partial charge in [-0.3, -0.25) is 0 Å². The van der Waals surface area contributed by atoms with Crippen LogP contribution in [0.3, 0.4) is 0 Å². The van der Waals surface area contributed by atoms with E-state index in [0.29, 0.717) is 5.92 Å². The molecule has 6 heteroatoms. The first-order chi connectivity index (χ1) is 10.3. The van der Waals surface area contributed by atoms with Crippen molar-refractivity contribution < 1.29 is 18.7 Å². The first-order valence-electron chi connectivity index (χ1n) is 8.59. The predicted octanol–water partition coefficient (Wildman–Crippen LogP) is 3.69. The lowest BCUT2D eigenvalue weighted by atomic mass is 10.1. The highest BCUT2D eigenvalue weighted by Gasteiger charge is 2.57. The Hall–Kier alpha value is -0.593. The maximum atomic E-state index is 11.9. The number of carbonyl (C=O) groups excluding carboxylic acids is 1. The van der Waals surface area contributed by atoms with E-state index >= 15 is 0 Å². The molecule has 0 radical (unpaired) electrons. The first kappa shape index (κ1) is 18.7. The van der Waals surface area contributed by atoms with E-state index in [1.807, 2.05) is 20.8 Å². The van der Waals surface area contributed by atoms with Crippen LogP contribution in [0.1, 0.15) is 48.0 Å². The lowest BCUT2D eigenvalue weighted by Gasteiger charge is -2.37. The number of alkyl carbamates (subject to hydrolysis) is 1. The largest absolute Gasteiger partial charge is 0.444 e. The minimum atomic E-state index is -1.74. The average Bonchev–Trinajstić information content (AvgIpc) is 3.03. The molecule has 134 valence electrons. The fourth-order valence-electron chi connectivity index (χ4n) is 2.73. The molecule has 0 aromatic heterocycles. The zero-order valence-electron chi connectivity index (χ0n) is 15.9. The number of ether oxygens (including phenoxy) is 2. The van der Waals surface area contributed by atoms with Crippen LogP contribution in [0.15, 0.2) is 0 Å². The third-order valence-corrected chi connectivity index (χ3v) is 9.65. The molecule has 0 bridgehead atoms. The second kappa shape index (κ2) is 6.04. The molecule has 1 saturated carbocycles. The molecular weight excluding hydrogens is 310 g/mol. The van der Waals surface area contributed by atoms with Gasteiger partial charge in [-0.1, -0.05) is 20.8 Å². The van der Waals surface area contributed by atoms with Crippen LogP contribution in [0.4, 0.5) is 4.79 Å². The van der Waals surface area contributed by atoms with Gasteiger partial charge in [0.2, 0.25) is 0 Å². The second-order valence-corrected chi connectivity index (χ2v) is 14.2. The van der Waals surface area contributed by atoms with Gasteiger partial charge >= 0.3 is 6.09 Å². The Labute approximate surface area is 141 Å². The summed E-state index contributed by atoms with van der Waals surface area (Å²) in [5.41, 5.74) is -0.475. The summed E-state index contributed by atoms with van der Waals surface area (Å²) in [4.78, 5) is 11.9. The minimum absolute atomic E-state index is 0.0443. The van der Waals surface area contributed by atoms with Gasteiger partial charge in [-0.25, -0.2) is 4.79 Å². The lowest BCUT2D eigenvalue weighted by Crippen LogP contribution is -2.43. The Morgan fingerprint density at radius 3 is 2.30 bits per heavy atom. The molecule has 0 spiro atoms. The van der Waals surface area contributed by atoms with E-state index in [1.165, 1.54) is 0 Å². The average molecular weight is 344 g/mol. The highest BCUT2D eigenvalue weighted by atomic mass is 28.4. The number of nitrogens with one attached hydrogen (secondary N) is 1. The van der Waals surface area contributed by atoms with E-state index in [4.69, 9.17) is 13.9 Å². The van der Waals surface area contributed by atoms with Crippen LogP contribution in [-0.4, -0.2) is 44.9 Å². The van der Waals surface area contributed by atoms with Crippen LogP contribution < -0.4 is 5.32 Å². The summed E-state index contributed by atoms with van der Waals surface area (Å²) in [5.74, 6) is 0.370. The van der Waals surface area contributed by atoms with E-state index in [1.54, 1.807) is 0 Å². The van der Waals surface area contributed by atoms with Crippen LogP contribution >= 0.6 is 0 Å². The summed E-state index contributed by atoms with van der Waals surface area (Å²) in [5, 5.41) is 3.17. The molecule has 0 unspecified atom stereocenters. The van der Waals surface area contributed by atoms with Gasteiger partial charge in [0.05, 0.1) is 12.1 Å². The Kier molecular flexibility index (Phi) is 4.92. The normalized spacial score (nSPS) is 30.8. The van der Waals surface area contributed by atoms with Crippen molar-refractivity contribution in [1.29, 1.82) is 0 Å². The monoisotopic (exact) mass is 343 g/mol. The molecule has 2 aliphatic rings. The van der Waals surface area contributed by atoms with Gasteiger partial charge in [0.1, 0.15) is 11.7 Å². The van der Waals surface area contributed by atoms with Gasteiger partial charge in [0.25, 0.3) is 0 Å². The summed E-state index contributed by atoms with van der Waals surface area (Å²) in [6.07, 6.45) is 0.918. The molecule has 0 aromatic carbocycles. The number of hydrogen-bond acceptors (Lipinski definition) is 4. The van der Waals surface area contributed by atoms with Crippen molar-refractivity contribution in [2.24, 2.45) is 5.92 Å². The molecule has 1 saturated heterocycles. The molecule has 23 heavy (non-hydrogen) atoms. The van der Waals surface area contributed by atoms with Crippen molar-refractivity contribution in [1.82, 2.24) is 5.32 Å². The molecule has 1 aliphatic carbocycles. The topological polar surface area (TPSA) is 60.1 Å². The van der Waals surface area contributed by atoms with Crippen molar-refractivity contribution >= 4 is 14.4 Å². The van der Waals surface area contributed by atoms with E-state index in [-0.39, 0.29) is 29.4 Å². The minimum Gasteiger partial charge on any atom is -0.444 e. The highest BCUT2D eigenvalue weighted by molar-refractivity contribution is 6.74. The van der Waals surface area contributed by atoms with Crippen molar-refractivity contribution in [3.8, 4) is 0 Å². The molecule has 2 fully saturated rings. The van der Waals surface area contributed by atoms with Crippen LogP contribution in [0.5, 0.6) is 0 Å². The smallest absolute Gasteiger partial charge is 0.407 e. The maximum Gasteiger partial charge on any atom is 0.407 e. The van der Waals surface area contributed by atoms with Gasteiger partial charge in [-0.2, -0.15) is 0 Å². The number of rotatable bonds is 4. The molecule has 2 rings (SSSR count). The van der Waals surface area contributed by atoms with Crippen LogP contribution in [0, 0.1) is 5.92 Å². The molecular formula is C17H33NO4Si. The fourth-order valence-corrected chi connectivity index (χ4v) is 3.79. The molecule has 1 heterocycles. The lowest BCUT2D eigenvalue weighted by molar-refractivity contribution is 0.0479. The van der Waals surface area contributed by atoms with E-state index in [2.05, 4.69) is 39.2 Å². The van der Waals surface area contributed by atoms with Crippen molar-refractivity contribution in [2.75, 3.05) is 6.61 Å². The van der Waals surface area contributed by atoms with Crippen LogP contribution in [0.25, 0.3) is 0 Å². The molecule has 1 N–H and O–H groups in total. The third-order valence-electron chi connectivity index (χ3n) is 5.15.